The van der Waals surface area contributed by atoms with Crippen LogP contribution in [0.25, 0.3) is 0 Å². The van der Waals surface area contributed by atoms with Gasteiger partial charge in [0.25, 0.3) is 0 Å². The molecule has 0 unspecified atom stereocenters. The number of aryl methyl sites for hydroxylation is 1. The van der Waals surface area contributed by atoms with Crippen molar-refractivity contribution in [3.05, 3.63) is 65.0 Å². The van der Waals surface area contributed by atoms with Gasteiger partial charge in [-0.05, 0) is 41.3 Å². The number of nitrogens with one attached hydrogen (secondary N) is 1. The maximum absolute atomic E-state index is 13.1. The molecule has 0 radical (unpaired) electrons. The maximum Gasteiger partial charge on any atom is 0.231 e. The number of benzene rings is 2. The summed E-state index contributed by atoms with van der Waals surface area (Å²) in [4.78, 5) is 25.3. The van der Waals surface area contributed by atoms with E-state index in [2.05, 4.69) is 5.32 Å². The third kappa shape index (κ3) is 3.62. The van der Waals surface area contributed by atoms with Gasteiger partial charge in [0.2, 0.25) is 11.8 Å². The molecule has 5 heteroatoms. The Balaban J connectivity index is 1.52. The quantitative estimate of drug-likeness (QED) is 0.918. The van der Waals surface area contributed by atoms with Gasteiger partial charge in [0.05, 0.1) is 6.42 Å². The van der Waals surface area contributed by atoms with E-state index in [0.29, 0.717) is 25.8 Å². The molecule has 2 aromatic carbocycles. The first-order chi connectivity index (χ1) is 11.5. The Bertz CT molecular complexity index is 789. The summed E-state index contributed by atoms with van der Waals surface area (Å²) < 4.78 is 13.1. The molecule has 0 spiro atoms. The Morgan fingerprint density at radius 2 is 2.04 bits per heavy atom. The predicted molar refractivity (Wildman–Crippen MR) is 90.1 cm³/mol. The highest BCUT2D eigenvalue weighted by Gasteiger charge is 2.23. The van der Waals surface area contributed by atoms with Crippen molar-refractivity contribution in [3.8, 4) is 0 Å². The van der Waals surface area contributed by atoms with Gasteiger partial charge in [0.15, 0.2) is 0 Å². The zero-order chi connectivity index (χ0) is 17.1. The summed E-state index contributed by atoms with van der Waals surface area (Å²) in [7, 11) is 1.77. The summed E-state index contributed by atoms with van der Waals surface area (Å²) in [5.74, 6) is -0.278. The zero-order valence-corrected chi connectivity index (χ0v) is 13.5. The van der Waals surface area contributed by atoms with Crippen molar-refractivity contribution in [1.82, 2.24) is 5.32 Å². The van der Waals surface area contributed by atoms with E-state index < -0.39 is 0 Å². The Labute approximate surface area is 140 Å². The highest BCUT2D eigenvalue weighted by atomic mass is 19.1. The summed E-state index contributed by atoms with van der Waals surface area (Å²) in [6.07, 6.45) is 1.23. The molecule has 0 bridgehead atoms. The van der Waals surface area contributed by atoms with Crippen LogP contribution in [0.3, 0.4) is 0 Å². The first-order valence-electron chi connectivity index (χ1n) is 7.92. The van der Waals surface area contributed by atoms with Crippen LogP contribution in [0.1, 0.15) is 23.1 Å². The van der Waals surface area contributed by atoms with Crippen LogP contribution in [-0.2, 0) is 29.0 Å². The van der Waals surface area contributed by atoms with Crippen LogP contribution in [0, 0.1) is 5.82 Å². The molecule has 1 aliphatic rings. The number of anilines is 1. The SMILES string of the molecule is CN1C(=O)Cc2cc(CNC(=O)CCc3cccc(F)c3)ccc21. The number of rotatable bonds is 5. The number of carbonyl (C=O) groups is 2. The van der Waals surface area contributed by atoms with Crippen molar-refractivity contribution in [2.45, 2.75) is 25.8 Å². The number of fused-ring (bicyclic) bond motifs is 1. The molecule has 4 nitrogen and oxygen atoms in total. The number of nitrogens with zero attached hydrogens (tertiary/aromatic N) is 1. The van der Waals surface area contributed by atoms with Gasteiger partial charge in [-0.1, -0.05) is 24.3 Å². The minimum absolute atomic E-state index is 0.0760. The number of carbonyl (C=O) groups excluding carboxylic acids is 2. The molecule has 0 saturated carbocycles. The van der Waals surface area contributed by atoms with E-state index in [4.69, 9.17) is 0 Å². The Morgan fingerprint density at radius 1 is 1.21 bits per heavy atom. The number of amides is 2. The summed E-state index contributed by atoms with van der Waals surface area (Å²) in [6, 6.07) is 12.1. The first-order valence-corrected chi connectivity index (χ1v) is 7.92. The number of halogens is 1. The molecule has 2 aromatic rings. The van der Waals surface area contributed by atoms with Crippen LogP contribution in [-0.4, -0.2) is 18.9 Å². The molecule has 24 heavy (non-hydrogen) atoms. The summed E-state index contributed by atoms with van der Waals surface area (Å²) in [5, 5.41) is 2.87. The van der Waals surface area contributed by atoms with Crippen molar-refractivity contribution in [3.63, 3.8) is 0 Å². The zero-order valence-electron chi connectivity index (χ0n) is 13.5. The van der Waals surface area contributed by atoms with Crippen LogP contribution >= 0.6 is 0 Å². The Morgan fingerprint density at radius 3 is 2.83 bits per heavy atom. The van der Waals surface area contributed by atoms with E-state index in [9.17, 15) is 14.0 Å². The molecule has 1 heterocycles. The first kappa shape index (κ1) is 16.2. The average molecular weight is 326 g/mol. The van der Waals surface area contributed by atoms with E-state index in [1.807, 2.05) is 24.3 Å². The normalized spacial score (nSPS) is 13.1. The largest absolute Gasteiger partial charge is 0.352 e. The fourth-order valence-electron chi connectivity index (χ4n) is 2.87. The number of hydrogen-bond donors (Lipinski definition) is 1. The van der Waals surface area contributed by atoms with Crippen molar-refractivity contribution in [2.75, 3.05) is 11.9 Å². The lowest BCUT2D eigenvalue weighted by Gasteiger charge is -2.11. The lowest BCUT2D eigenvalue weighted by molar-refractivity contribution is -0.121. The Hall–Kier alpha value is -2.69. The molecule has 2 amide bonds. The van der Waals surface area contributed by atoms with Crippen LogP contribution in [0.4, 0.5) is 10.1 Å². The molecule has 1 N–H and O–H groups in total. The van der Waals surface area contributed by atoms with Crippen molar-refractivity contribution in [2.24, 2.45) is 0 Å². The minimum Gasteiger partial charge on any atom is -0.352 e. The summed E-state index contributed by atoms with van der Waals surface area (Å²) in [5.41, 5.74) is 3.70. The van der Waals surface area contributed by atoms with Crippen LogP contribution in [0.15, 0.2) is 42.5 Å². The third-order valence-corrected chi connectivity index (χ3v) is 4.24. The second kappa shape index (κ2) is 6.83. The number of hydrogen-bond acceptors (Lipinski definition) is 2. The van der Waals surface area contributed by atoms with E-state index >= 15 is 0 Å². The molecule has 0 aromatic heterocycles. The van der Waals surface area contributed by atoms with Gasteiger partial charge in [0.1, 0.15) is 5.82 Å². The topological polar surface area (TPSA) is 49.4 Å². The van der Waals surface area contributed by atoms with Crippen molar-refractivity contribution in [1.29, 1.82) is 0 Å². The van der Waals surface area contributed by atoms with Gasteiger partial charge >= 0.3 is 0 Å². The smallest absolute Gasteiger partial charge is 0.231 e. The van der Waals surface area contributed by atoms with Gasteiger partial charge in [0, 0.05) is 25.7 Å². The standard InChI is InChI=1S/C19H19FN2O2/c1-22-17-7-5-14(9-15(17)11-19(22)24)12-21-18(23)8-6-13-3-2-4-16(20)10-13/h2-5,7,9-10H,6,8,11-12H2,1H3,(H,21,23). The molecule has 0 atom stereocenters. The number of likely N-dealkylation sites (N-methyl/N-ethyl adjacent to an activating group) is 1. The minimum atomic E-state index is -0.287. The second-order valence-corrected chi connectivity index (χ2v) is 6.00. The molecule has 1 aliphatic heterocycles. The van der Waals surface area contributed by atoms with Crippen molar-refractivity contribution < 1.29 is 14.0 Å². The van der Waals surface area contributed by atoms with E-state index in [0.717, 1.165) is 22.4 Å². The molecule has 0 aliphatic carbocycles. The van der Waals surface area contributed by atoms with Gasteiger partial charge < -0.3 is 10.2 Å². The van der Waals surface area contributed by atoms with E-state index in [-0.39, 0.29) is 17.6 Å². The van der Waals surface area contributed by atoms with Crippen LogP contribution in [0.2, 0.25) is 0 Å². The second-order valence-electron chi connectivity index (χ2n) is 6.00. The molecule has 0 fully saturated rings. The molecule has 3 rings (SSSR count). The predicted octanol–water partition coefficient (Wildman–Crippen LogP) is 2.59. The monoisotopic (exact) mass is 326 g/mol. The van der Waals surface area contributed by atoms with E-state index in [1.54, 1.807) is 18.0 Å². The summed E-state index contributed by atoms with van der Waals surface area (Å²) in [6.45, 7) is 0.424. The highest BCUT2D eigenvalue weighted by molar-refractivity contribution is 6.00. The molecule has 124 valence electrons. The summed E-state index contributed by atoms with van der Waals surface area (Å²) >= 11 is 0. The molecule has 0 saturated heterocycles. The van der Waals surface area contributed by atoms with Gasteiger partial charge in [-0.3, -0.25) is 9.59 Å². The molecular formula is C19H19FN2O2. The highest BCUT2D eigenvalue weighted by Crippen LogP contribution is 2.28. The third-order valence-electron chi connectivity index (χ3n) is 4.24. The lowest BCUT2D eigenvalue weighted by atomic mass is 10.1. The fourth-order valence-corrected chi connectivity index (χ4v) is 2.87. The maximum atomic E-state index is 13.1. The van der Waals surface area contributed by atoms with Gasteiger partial charge in [-0.2, -0.15) is 0 Å². The Kier molecular flexibility index (Phi) is 4.60. The van der Waals surface area contributed by atoms with Crippen molar-refractivity contribution >= 4 is 17.5 Å². The van der Waals surface area contributed by atoms with Crippen LogP contribution in [0.5, 0.6) is 0 Å². The lowest BCUT2D eigenvalue weighted by Crippen LogP contribution is -2.23. The van der Waals surface area contributed by atoms with Gasteiger partial charge in [-0.25, -0.2) is 4.39 Å². The molecular weight excluding hydrogens is 307 g/mol. The van der Waals surface area contributed by atoms with Crippen LogP contribution < -0.4 is 10.2 Å². The van der Waals surface area contributed by atoms with E-state index in [1.165, 1.54) is 12.1 Å². The fraction of sp³-hybridized carbons (Fsp3) is 0.263. The van der Waals surface area contributed by atoms with Gasteiger partial charge in [-0.15, -0.1) is 0 Å². The average Bonchev–Trinajstić information content (AvgIpc) is 2.85.